The van der Waals surface area contributed by atoms with Gasteiger partial charge in [-0.2, -0.15) is 0 Å². The Labute approximate surface area is 212 Å². The number of aromatic nitrogens is 1. The maximum absolute atomic E-state index is 13.0. The third-order valence-electron chi connectivity index (χ3n) is 5.32. The van der Waals surface area contributed by atoms with Gasteiger partial charge in [-0.15, -0.1) is 11.3 Å². The summed E-state index contributed by atoms with van der Waals surface area (Å²) in [6.07, 6.45) is 3.57. The molecule has 2 aromatic heterocycles. The first-order valence-electron chi connectivity index (χ1n) is 10.4. The zero-order valence-electron chi connectivity index (χ0n) is 17.7. The van der Waals surface area contributed by atoms with Gasteiger partial charge in [-0.05, 0) is 59.6 Å². The Kier molecular flexibility index (Phi) is 6.40. The molecule has 0 saturated carbocycles. The number of anilines is 1. The fourth-order valence-corrected chi connectivity index (χ4v) is 5.60. The average Bonchev–Trinajstić information content (AvgIpc) is 3.53. The summed E-state index contributed by atoms with van der Waals surface area (Å²) >= 11 is 6.01. The molecule has 0 bridgehead atoms. The van der Waals surface area contributed by atoms with Gasteiger partial charge < -0.3 is 9.88 Å². The maximum atomic E-state index is 13.0. The highest BCUT2D eigenvalue weighted by Gasteiger charge is 2.36. The molecule has 34 heavy (non-hydrogen) atoms. The lowest BCUT2D eigenvalue weighted by Crippen LogP contribution is -2.27. The molecule has 1 aliphatic heterocycles. The minimum Gasteiger partial charge on any atom is -0.350 e. The van der Waals surface area contributed by atoms with Crippen LogP contribution in [0.1, 0.15) is 10.4 Å². The molecule has 1 N–H and O–H groups in total. The number of thioether (sulfide) groups is 1. The minimum atomic E-state index is -0.356. The highest BCUT2D eigenvalue weighted by Crippen LogP contribution is 2.37. The van der Waals surface area contributed by atoms with Crippen LogP contribution in [-0.4, -0.2) is 21.6 Å². The van der Waals surface area contributed by atoms with E-state index in [0.29, 0.717) is 17.1 Å². The Bertz CT molecular complexity index is 1430. The van der Waals surface area contributed by atoms with Gasteiger partial charge in [0, 0.05) is 32.0 Å². The SMILES string of the molecule is O=C(Cn1cc(/C=C2\SC(=O)N(c3ccccc3)C2=O)c2cc(Br)ccc21)NCc1cccs1. The molecule has 1 saturated heterocycles. The molecule has 1 fully saturated rings. The smallest absolute Gasteiger partial charge is 0.298 e. The van der Waals surface area contributed by atoms with E-state index in [9.17, 15) is 14.4 Å². The van der Waals surface area contributed by atoms with Crippen LogP contribution >= 0.6 is 39.0 Å². The summed E-state index contributed by atoms with van der Waals surface area (Å²) in [6.45, 7) is 0.629. The fourth-order valence-electron chi connectivity index (χ4n) is 3.76. The van der Waals surface area contributed by atoms with E-state index in [1.807, 2.05) is 52.5 Å². The number of benzene rings is 2. The predicted molar refractivity (Wildman–Crippen MR) is 141 cm³/mol. The molecule has 0 aliphatic carbocycles. The van der Waals surface area contributed by atoms with Crippen molar-refractivity contribution in [1.82, 2.24) is 9.88 Å². The van der Waals surface area contributed by atoms with Crippen LogP contribution in [0, 0.1) is 0 Å². The normalized spacial score (nSPS) is 15.0. The molecule has 4 aromatic rings. The Hall–Kier alpha value is -3.14. The third kappa shape index (κ3) is 4.59. The first kappa shape index (κ1) is 22.6. The van der Waals surface area contributed by atoms with E-state index >= 15 is 0 Å². The van der Waals surface area contributed by atoms with E-state index in [1.165, 1.54) is 4.90 Å². The highest BCUT2D eigenvalue weighted by molar-refractivity contribution is 9.10. The predicted octanol–water partition coefficient (Wildman–Crippen LogP) is 6.02. The van der Waals surface area contributed by atoms with Crippen LogP contribution in [0.5, 0.6) is 0 Å². The van der Waals surface area contributed by atoms with Crippen molar-refractivity contribution < 1.29 is 14.4 Å². The Balaban J connectivity index is 1.44. The molecule has 0 unspecified atom stereocenters. The van der Waals surface area contributed by atoms with E-state index in [4.69, 9.17) is 0 Å². The van der Waals surface area contributed by atoms with Crippen molar-refractivity contribution in [2.75, 3.05) is 4.90 Å². The number of carbonyl (C=O) groups excluding carboxylic acids is 3. The van der Waals surface area contributed by atoms with Gasteiger partial charge in [0.05, 0.1) is 17.1 Å². The van der Waals surface area contributed by atoms with Crippen molar-refractivity contribution in [3.63, 3.8) is 0 Å². The molecule has 3 heterocycles. The number of rotatable bonds is 6. The number of carbonyl (C=O) groups is 3. The zero-order valence-corrected chi connectivity index (χ0v) is 21.0. The molecule has 0 atom stereocenters. The summed E-state index contributed by atoms with van der Waals surface area (Å²) in [5.74, 6) is -0.463. The number of nitrogens with one attached hydrogen (secondary N) is 1. The van der Waals surface area contributed by atoms with Crippen molar-refractivity contribution in [3.05, 3.63) is 92.1 Å². The third-order valence-corrected chi connectivity index (χ3v) is 7.56. The van der Waals surface area contributed by atoms with Crippen LogP contribution < -0.4 is 10.2 Å². The monoisotopic (exact) mass is 551 g/mol. The van der Waals surface area contributed by atoms with E-state index < -0.39 is 0 Å². The molecular formula is C25H18BrN3O3S2. The number of halogens is 1. The van der Waals surface area contributed by atoms with Gasteiger partial charge in [-0.1, -0.05) is 40.2 Å². The Morgan fingerprint density at radius 2 is 1.88 bits per heavy atom. The maximum Gasteiger partial charge on any atom is 0.298 e. The molecule has 1 aliphatic rings. The second kappa shape index (κ2) is 9.61. The number of para-hydroxylation sites is 1. The largest absolute Gasteiger partial charge is 0.350 e. The first-order chi connectivity index (χ1) is 16.5. The summed E-state index contributed by atoms with van der Waals surface area (Å²) in [5.41, 5.74) is 2.17. The molecular weight excluding hydrogens is 534 g/mol. The second-order valence-electron chi connectivity index (χ2n) is 7.58. The molecule has 0 radical (unpaired) electrons. The van der Waals surface area contributed by atoms with Gasteiger partial charge in [0.1, 0.15) is 6.54 Å². The number of nitrogens with zero attached hydrogens (tertiary/aromatic N) is 2. The quantitative estimate of drug-likeness (QED) is 0.297. The highest BCUT2D eigenvalue weighted by atomic mass is 79.9. The van der Waals surface area contributed by atoms with E-state index in [-0.39, 0.29) is 23.6 Å². The lowest BCUT2D eigenvalue weighted by molar-refractivity contribution is -0.121. The van der Waals surface area contributed by atoms with E-state index in [0.717, 1.165) is 37.6 Å². The molecule has 9 heteroatoms. The summed E-state index contributed by atoms with van der Waals surface area (Å²) in [7, 11) is 0. The van der Waals surface area contributed by atoms with E-state index in [2.05, 4.69) is 21.2 Å². The summed E-state index contributed by atoms with van der Waals surface area (Å²) in [5, 5.41) is 5.47. The summed E-state index contributed by atoms with van der Waals surface area (Å²) in [4.78, 5) is 40.8. The number of imide groups is 1. The molecule has 0 spiro atoms. The number of fused-ring (bicyclic) bond motifs is 1. The van der Waals surface area contributed by atoms with Gasteiger partial charge in [0.15, 0.2) is 0 Å². The molecule has 5 rings (SSSR count). The molecule has 2 aromatic carbocycles. The van der Waals surface area contributed by atoms with Gasteiger partial charge in [0.25, 0.3) is 11.1 Å². The van der Waals surface area contributed by atoms with Crippen LogP contribution in [0.4, 0.5) is 10.5 Å². The minimum absolute atomic E-state index is 0.107. The lowest BCUT2D eigenvalue weighted by Gasteiger charge is -2.11. The Morgan fingerprint density at radius 3 is 2.65 bits per heavy atom. The first-order valence-corrected chi connectivity index (χ1v) is 12.9. The van der Waals surface area contributed by atoms with Gasteiger partial charge >= 0.3 is 0 Å². The standard InChI is InChI=1S/C25H18BrN3O3S2/c26-17-8-9-21-20(12-17)16(14-28(21)15-23(30)27-13-19-7-4-10-33-19)11-22-24(31)29(25(32)34-22)18-5-2-1-3-6-18/h1-12,14H,13,15H2,(H,27,30)/b22-11-. The van der Waals surface area contributed by atoms with E-state index in [1.54, 1.807) is 41.7 Å². The van der Waals surface area contributed by atoms with Crippen LogP contribution in [0.3, 0.4) is 0 Å². The molecule has 3 amide bonds. The van der Waals surface area contributed by atoms with Crippen molar-refractivity contribution in [3.8, 4) is 0 Å². The molecule has 170 valence electrons. The summed E-state index contributed by atoms with van der Waals surface area (Å²) < 4.78 is 2.74. The average molecular weight is 552 g/mol. The Morgan fingerprint density at radius 1 is 1.06 bits per heavy atom. The van der Waals surface area contributed by atoms with Crippen LogP contribution in [0.2, 0.25) is 0 Å². The van der Waals surface area contributed by atoms with Crippen molar-refractivity contribution in [2.45, 2.75) is 13.1 Å². The molecule has 6 nitrogen and oxygen atoms in total. The number of hydrogen-bond acceptors (Lipinski definition) is 5. The number of hydrogen-bond donors (Lipinski definition) is 1. The van der Waals surface area contributed by atoms with Crippen molar-refractivity contribution in [1.29, 1.82) is 0 Å². The second-order valence-corrected chi connectivity index (χ2v) is 10.5. The zero-order chi connectivity index (χ0) is 23.7. The van der Waals surface area contributed by atoms with Crippen LogP contribution in [0.25, 0.3) is 17.0 Å². The van der Waals surface area contributed by atoms with Crippen LogP contribution in [0.15, 0.2) is 81.6 Å². The van der Waals surface area contributed by atoms with Crippen LogP contribution in [-0.2, 0) is 22.7 Å². The number of amides is 3. The van der Waals surface area contributed by atoms with Crippen molar-refractivity contribution in [2.24, 2.45) is 0 Å². The topological polar surface area (TPSA) is 71.4 Å². The number of thiophene rings is 1. The fraction of sp³-hybridized carbons (Fsp3) is 0.0800. The van der Waals surface area contributed by atoms with Gasteiger partial charge in [-0.3, -0.25) is 14.4 Å². The summed E-state index contributed by atoms with van der Waals surface area (Å²) in [6, 6.07) is 18.6. The lowest BCUT2D eigenvalue weighted by atomic mass is 10.1. The van der Waals surface area contributed by atoms with Gasteiger partial charge in [-0.25, -0.2) is 4.90 Å². The van der Waals surface area contributed by atoms with Crippen molar-refractivity contribution >= 4 is 78.7 Å². The van der Waals surface area contributed by atoms with Gasteiger partial charge in [0.2, 0.25) is 5.91 Å².